The first-order chi connectivity index (χ1) is 10.3. The van der Waals surface area contributed by atoms with Gasteiger partial charge in [0, 0.05) is 19.1 Å². The van der Waals surface area contributed by atoms with Gasteiger partial charge in [-0.3, -0.25) is 4.90 Å². The molecule has 1 saturated heterocycles. The molecule has 3 heteroatoms. The smallest absolute Gasteiger partial charge is 0.119 e. The van der Waals surface area contributed by atoms with E-state index in [9.17, 15) is 0 Å². The minimum absolute atomic E-state index is 0.469. The van der Waals surface area contributed by atoms with E-state index in [0.29, 0.717) is 6.04 Å². The summed E-state index contributed by atoms with van der Waals surface area (Å²) in [6.45, 7) is 6.85. The van der Waals surface area contributed by atoms with Crippen LogP contribution in [-0.4, -0.2) is 38.2 Å². The molecule has 0 bridgehead atoms. The number of nitrogens with zero attached hydrogens (tertiary/aromatic N) is 1. The van der Waals surface area contributed by atoms with E-state index in [1.54, 1.807) is 7.11 Å². The molecule has 1 N–H and O–H groups in total. The van der Waals surface area contributed by atoms with Gasteiger partial charge in [0.15, 0.2) is 0 Å². The molecule has 112 valence electrons. The summed E-state index contributed by atoms with van der Waals surface area (Å²) in [5, 5.41) is 5.99. The highest BCUT2D eigenvalue weighted by atomic mass is 16.5. The second-order valence-corrected chi connectivity index (χ2v) is 5.79. The molecular weight excluding hydrogens is 260 g/mol. The van der Waals surface area contributed by atoms with E-state index >= 15 is 0 Å². The molecule has 1 atom stereocenters. The molecule has 1 aliphatic heterocycles. The van der Waals surface area contributed by atoms with Gasteiger partial charge in [0.25, 0.3) is 0 Å². The van der Waals surface area contributed by atoms with Crippen molar-refractivity contribution in [2.75, 3.05) is 33.3 Å². The van der Waals surface area contributed by atoms with E-state index in [1.807, 2.05) is 6.07 Å². The minimum atomic E-state index is 0.469. The Balaban J connectivity index is 1.85. The standard InChI is InChI=1S/C18H24N2O/c1-14(20-10-3-8-19-9-11-20)15-4-5-17-13-18(21-2)7-6-16(17)12-15/h4-7,12-14,19H,3,8-11H2,1-2H3. The molecule has 1 fully saturated rings. The molecule has 1 aliphatic rings. The van der Waals surface area contributed by atoms with Gasteiger partial charge in [0.05, 0.1) is 7.11 Å². The Morgan fingerprint density at radius 3 is 2.71 bits per heavy atom. The van der Waals surface area contributed by atoms with Crippen LogP contribution in [0.3, 0.4) is 0 Å². The van der Waals surface area contributed by atoms with Gasteiger partial charge >= 0.3 is 0 Å². The van der Waals surface area contributed by atoms with Crippen LogP contribution in [-0.2, 0) is 0 Å². The summed E-state index contributed by atoms with van der Waals surface area (Å²) in [5.41, 5.74) is 1.40. The van der Waals surface area contributed by atoms with Crippen LogP contribution < -0.4 is 10.1 Å². The fourth-order valence-corrected chi connectivity index (χ4v) is 3.09. The molecule has 1 heterocycles. The van der Waals surface area contributed by atoms with Crippen LogP contribution in [0.1, 0.15) is 24.9 Å². The van der Waals surface area contributed by atoms with Crippen molar-refractivity contribution in [1.82, 2.24) is 10.2 Å². The van der Waals surface area contributed by atoms with Crippen LogP contribution in [0.4, 0.5) is 0 Å². The van der Waals surface area contributed by atoms with Crippen molar-refractivity contribution < 1.29 is 4.74 Å². The highest BCUT2D eigenvalue weighted by Gasteiger charge is 2.17. The van der Waals surface area contributed by atoms with Crippen molar-refractivity contribution in [3.05, 3.63) is 42.0 Å². The summed E-state index contributed by atoms with van der Waals surface area (Å²) in [6, 6.07) is 13.5. The maximum absolute atomic E-state index is 5.29. The summed E-state index contributed by atoms with van der Waals surface area (Å²) in [4.78, 5) is 2.57. The lowest BCUT2D eigenvalue weighted by Crippen LogP contribution is -2.30. The van der Waals surface area contributed by atoms with Crippen molar-refractivity contribution >= 4 is 10.8 Å². The number of ether oxygens (including phenoxy) is 1. The van der Waals surface area contributed by atoms with Gasteiger partial charge in [-0.15, -0.1) is 0 Å². The number of fused-ring (bicyclic) bond motifs is 1. The zero-order valence-electron chi connectivity index (χ0n) is 12.9. The fraction of sp³-hybridized carbons (Fsp3) is 0.444. The molecule has 0 aromatic heterocycles. The van der Waals surface area contributed by atoms with Crippen molar-refractivity contribution in [2.24, 2.45) is 0 Å². The second kappa shape index (κ2) is 6.46. The molecule has 3 rings (SSSR count). The highest BCUT2D eigenvalue weighted by molar-refractivity contribution is 5.84. The molecule has 0 radical (unpaired) electrons. The third kappa shape index (κ3) is 3.20. The third-order valence-corrected chi connectivity index (χ3v) is 4.48. The van der Waals surface area contributed by atoms with Crippen molar-refractivity contribution in [3.8, 4) is 5.75 Å². The largest absolute Gasteiger partial charge is 0.497 e. The molecule has 0 aliphatic carbocycles. The van der Waals surface area contributed by atoms with Crippen LogP contribution in [0.5, 0.6) is 5.75 Å². The SMILES string of the molecule is COc1ccc2cc(C(C)N3CCCNCC3)ccc2c1. The maximum atomic E-state index is 5.29. The molecular formula is C18H24N2O. The number of hydrogen-bond donors (Lipinski definition) is 1. The molecule has 0 amide bonds. The monoisotopic (exact) mass is 284 g/mol. The van der Waals surface area contributed by atoms with E-state index in [1.165, 1.54) is 29.3 Å². The van der Waals surface area contributed by atoms with Crippen LogP contribution in [0.15, 0.2) is 36.4 Å². The van der Waals surface area contributed by atoms with Gasteiger partial charge in [-0.2, -0.15) is 0 Å². The van der Waals surface area contributed by atoms with E-state index < -0.39 is 0 Å². The molecule has 21 heavy (non-hydrogen) atoms. The Hall–Kier alpha value is -1.58. The first-order valence-electron chi connectivity index (χ1n) is 7.80. The average Bonchev–Trinajstić information content (AvgIpc) is 2.82. The molecule has 2 aromatic carbocycles. The van der Waals surface area contributed by atoms with Crippen LogP contribution in [0, 0.1) is 0 Å². The van der Waals surface area contributed by atoms with E-state index in [2.05, 4.69) is 47.5 Å². The molecule has 1 unspecified atom stereocenters. The van der Waals surface area contributed by atoms with E-state index in [4.69, 9.17) is 4.74 Å². The lowest BCUT2D eigenvalue weighted by molar-refractivity contribution is 0.225. The van der Waals surface area contributed by atoms with Gasteiger partial charge in [-0.1, -0.05) is 18.2 Å². The minimum Gasteiger partial charge on any atom is -0.497 e. The predicted octanol–water partition coefficient (Wildman–Crippen LogP) is 3.20. The number of methoxy groups -OCH3 is 1. The Bertz CT molecular complexity index is 603. The normalized spacial score (nSPS) is 18.4. The Morgan fingerprint density at radius 1 is 1.05 bits per heavy atom. The van der Waals surface area contributed by atoms with Crippen molar-refractivity contribution in [3.63, 3.8) is 0 Å². The Labute approximate surface area is 126 Å². The lowest BCUT2D eigenvalue weighted by atomic mass is 10.0. The van der Waals surface area contributed by atoms with Gasteiger partial charge in [0.1, 0.15) is 5.75 Å². The molecule has 2 aromatic rings. The summed E-state index contributed by atoms with van der Waals surface area (Å²) >= 11 is 0. The van der Waals surface area contributed by atoms with Crippen LogP contribution in [0.25, 0.3) is 10.8 Å². The van der Waals surface area contributed by atoms with E-state index in [-0.39, 0.29) is 0 Å². The first-order valence-corrected chi connectivity index (χ1v) is 7.80. The quantitative estimate of drug-likeness (QED) is 0.936. The van der Waals surface area contributed by atoms with Gasteiger partial charge < -0.3 is 10.1 Å². The molecule has 0 saturated carbocycles. The number of nitrogens with one attached hydrogen (secondary N) is 1. The number of hydrogen-bond acceptors (Lipinski definition) is 3. The first kappa shape index (κ1) is 14.4. The summed E-state index contributed by atoms with van der Waals surface area (Å²) < 4.78 is 5.29. The second-order valence-electron chi connectivity index (χ2n) is 5.79. The van der Waals surface area contributed by atoms with Crippen LogP contribution >= 0.6 is 0 Å². The molecule has 0 spiro atoms. The van der Waals surface area contributed by atoms with E-state index in [0.717, 1.165) is 25.4 Å². The third-order valence-electron chi connectivity index (χ3n) is 4.48. The summed E-state index contributed by atoms with van der Waals surface area (Å²) in [6.07, 6.45) is 1.23. The highest BCUT2D eigenvalue weighted by Crippen LogP contribution is 2.27. The maximum Gasteiger partial charge on any atom is 0.119 e. The lowest BCUT2D eigenvalue weighted by Gasteiger charge is -2.27. The van der Waals surface area contributed by atoms with Crippen LogP contribution in [0.2, 0.25) is 0 Å². The van der Waals surface area contributed by atoms with Gasteiger partial charge in [-0.25, -0.2) is 0 Å². The zero-order chi connectivity index (χ0) is 14.7. The Kier molecular flexibility index (Phi) is 4.42. The fourth-order valence-electron chi connectivity index (χ4n) is 3.09. The molecule has 3 nitrogen and oxygen atoms in total. The van der Waals surface area contributed by atoms with Crippen molar-refractivity contribution in [1.29, 1.82) is 0 Å². The number of benzene rings is 2. The van der Waals surface area contributed by atoms with Gasteiger partial charge in [0.2, 0.25) is 0 Å². The van der Waals surface area contributed by atoms with Gasteiger partial charge in [-0.05, 0) is 61.0 Å². The summed E-state index contributed by atoms with van der Waals surface area (Å²) in [5.74, 6) is 0.918. The predicted molar refractivity (Wildman–Crippen MR) is 88.0 cm³/mol. The zero-order valence-corrected chi connectivity index (χ0v) is 12.9. The summed E-state index contributed by atoms with van der Waals surface area (Å²) in [7, 11) is 1.71. The number of rotatable bonds is 3. The topological polar surface area (TPSA) is 24.5 Å². The Morgan fingerprint density at radius 2 is 1.86 bits per heavy atom. The van der Waals surface area contributed by atoms with Crippen molar-refractivity contribution in [2.45, 2.75) is 19.4 Å². The average molecular weight is 284 g/mol.